The van der Waals surface area contributed by atoms with E-state index in [0.29, 0.717) is 23.6 Å². The lowest BCUT2D eigenvalue weighted by atomic mass is 10.0. The highest BCUT2D eigenvalue weighted by molar-refractivity contribution is 6.30. The van der Waals surface area contributed by atoms with Crippen molar-refractivity contribution >= 4 is 23.4 Å². The minimum Gasteiger partial charge on any atom is -0.354 e. The molecular formula is C28H30ClFN2O2. The lowest BCUT2D eigenvalue weighted by molar-refractivity contribution is -0.140. The molecule has 6 heteroatoms. The number of benzene rings is 3. The molecule has 0 radical (unpaired) electrons. The Hall–Kier alpha value is -3.18. The van der Waals surface area contributed by atoms with E-state index in [9.17, 15) is 14.0 Å². The number of hydrogen-bond acceptors (Lipinski definition) is 2. The van der Waals surface area contributed by atoms with Crippen LogP contribution in [0.3, 0.4) is 0 Å². The van der Waals surface area contributed by atoms with Crippen LogP contribution in [0.25, 0.3) is 0 Å². The number of hydrogen-bond donors (Lipinski definition) is 1. The first-order valence-corrected chi connectivity index (χ1v) is 11.9. The van der Waals surface area contributed by atoms with Crippen LogP contribution < -0.4 is 5.32 Å². The summed E-state index contributed by atoms with van der Waals surface area (Å²) in [6, 6.07) is 22.3. The van der Waals surface area contributed by atoms with Crippen LogP contribution >= 0.6 is 11.6 Å². The molecule has 34 heavy (non-hydrogen) atoms. The maximum absolute atomic E-state index is 14.3. The van der Waals surface area contributed by atoms with Crippen LogP contribution in [0.5, 0.6) is 0 Å². The normalized spacial score (nSPS) is 11.6. The summed E-state index contributed by atoms with van der Waals surface area (Å²) >= 11 is 6.04. The maximum atomic E-state index is 14.3. The summed E-state index contributed by atoms with van der Waals surface area (Å²) in [4.78, 5) is 28.4. The van der Waals surface area contributed by atoms with Crippen molar-refractivity contribution < 1.29 is 14.0 Å². The van der Waals surface area contributed by atoms with Gasteiger partial charge in [0.1, 0.15) is 11.9 Å². The predicted octanol–water partition coefficient (Wildman–Crippen LogP) is 5.58. The van der Waals surface area contributed by atoms with Gasteiger partial charge in [-0.05, 0) is 41.3 Å². The summed E-state index contributed by atoms with van der Waals surface area (Å²) in [5, 5.41) is 3.57. The second-order valence-electron chi connectivity index (χ2n) is 8.27. The van der Waals surface area contributed by atoms with Crippen molar-refractivity contribution in [2.75, 3.05) is 6.54 Å². The molecule has 2 amide bonds. The van der Waals surface area contributed by atoms with Crippen LogP contribution in [0.15, 0.2) is 78.9 Å². The molecule has 3 aromatic carbocycles. The number of rotatable bonds is 11. The Morgan fingerprint density at radius 1 is 0.941 bits per heavy atom. The molecule has 3 rings (SSSR count). The second kappa shape index (κ2) is 12.9. The van der Waals surface area contributed by atoms with Gasteiger partial charge in [-0.2, -0.15) is 0 Å². The van der Waals surface area contributed by atoms with Crippen molar-refractivity contribution in [3.8, 4) is 0 Å². The van der Waals surface area contributed by atoms with Crippen LogP contribution in [0.2, 0.25) is 5.02 Å². The first-order chi connectivity index (χ1) is 16.5. The van der Waals surface area contributed by atoms with Gasteiger partial charge in [0.25, 0.3) is 0 Å². The van der Waals surface area contributed by atoms with Crippen LogP contribution in [0, 0.1) is 5.82 Å². The summed E-state index contributed by atoms with van der Waals surface area (Å²) in [6.07, 6.45) is 2.03. The van der Waals surface area contributed by atoms with E-state index in [1.807, 2.05) is 42.5 Å². The molecule has 1 N–H and O–H groups in total. The molecule has 1 atom stereocenters. The molecule has 0 aliphatic carbocycles. The molecule has 3 aromatic rings. The van der Waals surface area contributed by atoms with E-state index in [-0.39, 0.29) is 24.8 Å². The Balaban J connectivity index is 1.94. The van der Waals surface area contributed by atoms with Crippen LogP contribution in [0.1, 0.15) is 36.5 Å². The van der Waals surface area contributed by atoms with Gasteiger partial charge in [-0.1, -0.05) is 85.6 Å². The van der Waals surface area contributed by atoms with E-state index in [1.54, 1.807) is 35.2 Å². The summed E-state index contributed by atoms with van der Waals surface area (Å²) in [7, 11) is 0. The first-order valence-electron chi connectivity index (χ1n) is 11.6. The van der Waals surface area contributed by atoms with E-state index in [0.717, 1.165) is 24.0 Å². The summed E-state index contributed by atoms with van der Waals surface area (Å²) in [5.74, 6) is -0.964. The highest BCUT2D eigenvalue weighted by Crippen LogP contribution is 2.19. The van der Waals surface area contributed by atoms with Crippen molar-refractivity contribution in [1.29, 1.82) is 0 Å². The first kappa shape index (κ1) is 25.4. The lowest BCUT2D eigenvalue weighted by Crippen LogP contribution is -2.51. The van der Waals surface area contributed by atoms with Gasteiger partial charge < -0.3 is 10.2 Å². The smallest absolute Gasteiger partial charge is 0.243 e. The monoisotopic (exact) mass is 480 g/mol. The molecule has 0 saturated carbocycles. The molecule has 0 saturated heterocycles. The van der Waals surface area contributed by atoms with Crippen LogP contribution in [0.4, 0.5) is 4.39 Å². The summed E-state index contributed by atoms with van der Waals surface area (Å²) in [6.45, 7) is 2.80. The zero-order valence-electron chi connectivity index (χ0n) is 19.3. The van der Waals surface area contributed by atoms with Crippen molar-refractivity contribution in [2.24, 2.45) is 0 Å². The second-order valence-corrected chi connectivity index (χ2v) is 8.70. The summed E-state index contributed by atoms with van der Waals surface area (Å²) < 4.78 is 14.3. The number of unbranched alkanes of at least 4 members (excludes halogenated alkanes) is 1. The number of nitrogens with one attached hydrogen (secondary N) is 1. The van der Waals surface area contributed by atoms with Crippen molar-refractivity contribution in [2.45, 2.75) is 45.2 Å². The zero-order chi connectivity index (χ0) is 24.3. The largest absolute Gasteiger partial charge is 0.354 e. The molecular weight excluding hydrogens is 451 g/mol. The van der Waals surface area contributed by atoms with E-state index in [4.69, 9.17) is 11.6 Å². The number of amides is 2. The molecule has 0 spiro atoms. The van der Waals surface area contributed by atoms with Gasteiger partial charge in [-0.15, -0.1) is 0 Å². The maximum Gasteiger partial charge on any atom is 0.243 e. The van der Waals surface area contributed by atoms with E-state index in [1.165, 1.54) is 6.07 Å². The van der Waals surface area contributed by atoms with Gasteiger partial charge in [0.15, 0.2) is 0 Å². The molecule has 0 aromatic heterocycles. The number of halogens is 2. The van der Waals surface area contributed by atoms with Crippen LogP contribution in [-0.2, 0) is 29.0 Å². The third-order valence-electron chi connectivity index (χ3n) is 5.67. The van der Waals surface area contributed by atoms with Gasteiger partial charge in [0.05, 0.1) is 6.42 Å². The van der Waals surface area contributed by atoms with Crippen molar-refractivity contribution in [3.05, 3.63) is 106 Å². The molecule has 178 valence electrons. The molecule has 0 heterocycles. The van der Waals surface area contributed by atoms with Crippen molar-refractivity contribution in [3.63, 3.8) is 0 Å². The quantitative estimate of drug-likeness (QED) is 0.364. The third-order valence-corrected chi connectivity index (χ3v) is 5.92. The van der Waals surface area contributed by atoms with Gasteiger partial charge in [-0.25, -0.2) is 4.39 Å². The average Bonchev–Trinajstić information content (AvgIpc) is 2.84. The minimum absolute atomic E-state index is 0.131. The highest BCUT2D eigenvalue weighted by Gasteiger charge is 2.30. The highest BCUT2D eigenvalue weighted by atomic mass is 35.5. The Bertz CT molecular complexity index is 1070. The summed E-state index contributed by atoms with van der Waals surface area (Å²) in [5.41, 5.74) is 2.09. The topological polar surface area (TPSA) is 49.4 Å². The van der Waals surface area contributed by atoms with E-state index in [2.05, 4.69) is 12.2 Å². The van der Waals surface area contributed by atoms with E-state index < -0.39 is 11.9 Å². The Morgan fingerprint density at radius 3 is 2.29 bits per heavy atom. The molecule has 0 bridgehead atoms. The zero-order valence-corrected chi connectivity index (χ0v) is 20.1. The molecule has 0 fully saturated rings. The number of nitrogens with zero attached hydrogens (tertiary/aromatic N) is 1. The molecule has 0 unspecified atom stereocenters. The fraction of sp³-hybridized carbons (Fsp3) is 0.286. The lowest BCUT2D eigenvalue weighted by Gasteiger charge is -2.32. The van der Waals surface area contributed by atoms with Gasteiger partial charge in [0, 0.05) is 24.5 Å². The molecule has 0 aliphatic heterocycles. The van der Waals surface area contributed by atoms with E-state index >= 15 is 0 Å². The molecule has 0 aliphatic rings. The SMILES string of the molecule is CCCCNC(=O)[C@@H](Cc1ccccc1)N(Cc1ccc(Cl)cc1)C(=O)Cc1ccccc1F. The Kier molecular flexibility index (Phi) is 9.65. The number of carbonyl (C=O) groups is 2. The predicted molar refractivity (Wildman–Crippen MR) is 134 cm³/mol. The molecule has 4 nitrogen and oxygen atoms in total. The van der Waals surface area contributed by atoms with Gasteiger partial charge in [0.2, 0.25) is 11.8 Å². The Morgan fingerprint density at radius 2 is 1.62 bits per heavy atom. The van der Waals surface area contributed by atoms with Gasteiger partial charge in [-0.3, -0.25) is 9.59 Å². The average molecular weight is 481 g/mol. The minimum atomic E-state index is -0.741. The Labute approximate surface area is 205 Å². The van der Waals surface area contributed by atoms with Gasteiger partial charge >= 0.3 is 0 Å². The third kappa shape index (κ3) is 7.42. The fourth-order valence-corrected chi connectivity index (χ4v) is 3.88. The fourth-order valence-electron chi connectivity index (χ4n) is 3.75. The number of carbonyl (C=O) groups excluding carboxylic acids is 2. The van der Waals surface area contributed by atoms with Crippen molar-refractivity contribution in [1.82, 2.24) is 10.2 Å². The standard InChI is InChI=1S/C28H30ClFN2O2/c1-2-3-17-31-28(34)26(18-21-9-5-4-6-10-21)32(20-22-13-15-24(29)16-14-22)27(33)19-23-11-7-8-12-25(23)30/h4-16,26H,2-3,17-20H2,1H3,(H,31,34)/t26-/m1/s1. The van der Waals surface area contributed by atoms with Crippen LogP contribution in [-0.4, -0.2) is 29.3 Å².